The van der Waals surface area contributed by atoms with Gasteiger partial charge in [-0.05, 0) is 38.5 Å². The molecule has 0 aliphatic heterocycles. The van der Waals surface area contributed by atoms with Crippen molar-refractivity contribution in [2.75, 3.05) is 19.8 Å². The molecule has 0 aliphatic rings. The van der Waals surface area contributed by atoms with Gasteiger partial charge in [0.15, 0.2) is 0 Å². The number of carbonyl (C=O) groups excluding carboxylic acids is 2. The van der Waals surface area contributed by atoms with E-state index in [0.29, 0.717) is 19.4 Å². The standard InChI is InChI=1S/C53H102O5/c1-4-7-10-13-16-19-22-24-26-28-30-33-36-39-42-45-48-56-51(49-57-52(54)46-43-40-37-34-31-21-18-15-12-9-6-3)50-58-53(55)47-44-41-38-35-32-29-27-25-23-20-17-14-11-8-5-2/h15,18,51H,4-14,16-17,19-50H2,1-3H3/b18-15-/t51-/m1/s1. The lowest BCUT2D eigenvalue weighted by Crippen LogP contribution is -2.29. The van der Waals surface area contributed by atoms with Crippen molar-refractivity contribution in [3.63, 3.8) is 0 Å². The summed E-state index contributed by atoms with van der Waals surface area (Å²) in [4.78, 5) is 25.1. The Labute approximate surface area is 363 Å². The highest BCUT2D eigenvalue weighted by molar-refractivity contribution is 5.69. The third-order valence-corrected chi connectivity index (χ3v) is 11.8. The molecular formula is C53H102O5. The van der Waals surface area contributed by atoms with Crippen LogP contribution in [0.4, 0.5) is 0 Å². The first-order valence-electron chi connectivity index (χ1n) is 26.2. The zero-order valence-electron chi connectivity index (χ0n) is 39.6. The molecule has 0 rings (SSSR count). The van der Waals surface area contributed by atoms with Crippen LogP contribution < -0.4 is 0 Å². The molecule has 0 bridgehead atoms. The van der Waals surface area contributed by atoms with Gasteiger partial charge in [-0.3, -0.25) is 9.59 Å². The first-order chi connectivity index (χ1) is 28.6. The summed E-state index contributed by atoms with van der Waals surface area (Å²) in [6, 6.07) is 0. The quantitative estimate of drug-likeness (QED) is 0.0348. The van der Waals surface area contributed by atoms with E-state index in [1.807, 2.05) is 0 Å². The van der Waals surface area contributed by atoms with Gasteiger partial charge in [0.2, 0.25) is 0 Å². The normalized spacial score (nSPS) is 12.1. The highest BCUT2D eigenvalue weighted by atomic mass is 16.6. The maximum Gasteiger partial charge on any atom is 0.305 e. The van der Waals surface area contributed by atoms with Gasteiger partial charge in [0.1, 0.15) is 19.3 Å². The predicted octanol–water partition coefficient (Wildman–Crippen LogP) is 17.5. The van der Waals surface area contributed by atoms with Crippen molar-refractivity contribution in [2.45, 2.75) is 297 Å². The molecule has 0 spiro atoms. The average molecular weight is 819 g/mol. The molecular weight excluding hydrogens is 717 g/mol. The highest BCUT2D eigenvalue weighted by Crippen LogP contribution is 2.16. The average Bonchev–Trinajstić information content (AvgIpc) is 3.23. The Morgan fingerprint density at radius 3 is 0.966 bits per heavy atom. The topological polar surface area (TPSA) is 61.8 Å². The highest BCUT2D eigenvalue weighted by Gasteiger charge is 2.16. The zero-order chi connectivity index (χ0) is 42.1. The summed E-state index contributed by atoms with van der Waals surface area (Å²) in [7, 11) is 0. The molecule has 0 aromatic heterocycles. The van der Waals surface area contributed by atoms with Crippen molar-refractivity contribution in [1.82, 2.24) is 0 Å². The lowest BCUT2D eigenvalue weighted by atomic mass is 10.0. The second-order valence-electron chi connectivity index (χ2n) is 17.8. The van der Waals surface area contributed by atoms with Gasteiger partial charge in [0.25, 0.3) is 0 Å². The molecule has 0 radical (unpaired) electrons. The van der Waals surface area contributed by atoms with Crippen LogP contribution in [0.5, 0.6) is 0 Å². The van der Waals surface area contributed by atoms with Crippen LogP contribution in [0.3, 0.4) is 0 Å². The fourth-order valence-corrected chi connectivity index (χ4v) is 7.82. The Kier molecular flexibility index (Phi) is 48.8. The Hall–Kier alpha value is -1.36. The van der Waals surface area contributed by atoms with Gasteiger partial charge < -0.3 is 14.2 Å². The number of rotatable bonds is 49. The van der Waals surface area contributed by atoms with E-state index in [1.54, 1.807) is 0 Å². The van der Waals surface area contributed by atoms with Crippen molar-refractivity contribution in [2.24, 2.45) is 0 Å². The van der Waals surface area contributed by atoms with Gasteiger partial charge in [-0.2, -0.15) is 0 Å². The molecule has 0 amide bonds. The van der Waals surface area contributed by atoms with Gasteiger partial charge in [0.05, 0.1) is 0 Å². The fraction of sp³-hybridized carbons (Fsp3) is 0.925. The minimum absolute atomic E-state index is 0.159. The molecule has 0 unspecified atom stereocenters. The molecule has 0 fully saturated rings. The smallest absolute Gasteiger partial charge is 0.305 e. The number of hydrogen-bond donors (Lipinski definition) is 0. The van der Waals surface area contributed by atoms with E-state index in [0.717, 1.165) is 51.4 Å². The first kappa shape index (κ1) is 56.6. The number of unbranched alkanes of at least 4 members (excludes halogenated alkanes) is 36. The second kappa shape index (κ2) is 50.0. The van der Waals surface area contributed by atoms with E-state index in [4.69, 9.17) is 14.2 Å². The Morgan fingerprint density at radius 2 is 0.621 bits per heavy atom. The molecule has 58 heavy (non-hydrogen) atoms. The monoisotopic (exact) mass is 819 g/mol. The molecule has 5 heteroatoms. The van der Waals surface area contributed by atoms with Crippen molar-refractivity contribution in [1.29, 1.82) is 0 Å². The van der Waals surface area contributed by atoms with Gasteiger partial charge >= 0.3 is 11.9 Å². The van der Waals surface area contributed by atoms with E-state index in [9.17, 15) is 9.59 Å². The maximum atomic E-state index is 12.6. The summed E-state index contributed by atoms with van der Waals surface area (Å²) in [6.45, 7) is 7.75. The van der Waals surface area contributed by atoms with Gasteiger partial charge in [0, 0.05) is 19.4 Å². The molecule has 0 aromatic rings. The second-order valence-corrected chi connectivity index (χ2v) is 17.8. The van der Waals surface area contributed by atoms with Gasteiger partial charge in [-0.15, -0.1) is 0 Å². The van der Waals surface area contributed by atoms with Crippen LogP contribution in [0.15, 0.2) is 12.2 Å². The minimum Gasteiger partial charge on any atom is -0.463 e. The molecule has 1 atom stereocenters. The molecule has 344 valence electrons. The van der Waals surface area contributed by atoms with Crippen LogP contribution in [-0.2, 0) is 23.8 Å². The number of allylic oxidation sites excluding steroid dienone is 2. The molecule has 0 aliphatic carbocycles. The SMILES string of the molecule is CCCC/C=C\CCCCCCCC(=O)OC[C@H](COC(=O)CCCCCCCCCCCCCCCCC)OCCCCCCCCCCCCCCCCCC. The largest absolute Gasteiger partial charge is 0.463 e. The number of carbonyl (C=O) groups is 2. The van der Waals surface area contributed by atoms with Crippen LogP contribution in [0.25, 0.3) is 0 Å². The Bertz CT molecular complexity index is 840. The summed E-state index contributed by atoms with van der Waals surface area (Å²) in [5.41, 5.74) is 0. The summed E-state index contributed by atoms with van der Waals surface area (Å²) in [5, 5.41) is 0. The predicted molar refractivity (Wildman–Crippen MR) is 252 cm³/mol. The van der Waals surface area contributed by atoms with Crippen LogP contribution in [0.1, 0.15) is 290 Å². The van der Waals surface area contributed by atoms with Gasteiger partial charge in [-0.1, -0.05) is 251 Å². The van der Waals surface area contributed by atoms with E-state index in [2.05, 4.69) is 32.9 Å². The van der Waals surface area contributed by atoms with E-state index in [-0.39, 0.29) is 25.2 Å². The molecule has 5 nitrogen and oxygen atoms in total. The number of esters is 2. The molecule has 0 aromatic carbocycles. The van der Waals surface area contributed by atoms with Crippen molar-refractivity contribution in [3.05, 3.63) is 12.2 Å². The third kappa shape index (κ3) is 47.3. The minimum atomic E-state index is -0.393. The van der Waals surface area contributed by atoms with E-state index in [1.165, 1.54) is 205 Å². The summed E-state index contributed by atoms with van der Waals surface area (Å²) in [6.07, 6.45) is 56.7. The van der Waals surface area contributed by atoms with Crippen LogP contribution in [-0.4, -0.2) is 37.9 Å². The Morgan fingerprint density at radius 1 is 0.345 bits per heavy atom. The zero-order valence-corrected chi connectivity index (χ0v) is 39.6. The molecule has 0 saturated carbocycles. The van der Waals surface area contributed by atoms with Crippen LogP contribution >= 0.6 is 0 Å². The first-order valence-corrected chi connectivity index (χ1v) is 26.2. The summed E-state index contributed by atoms with van der Waals surface area (Å²) >= 11 is 0. The molecule has 0 heterocycles. The van der Waals surface area contributed by atoms with Gasteiger partial charge in [-0.25, -0.2) is 0 Å². The molecule has 0 N–H and O–H groups in total. The van der Waals surface area contributed by atoms with Crippen molar-refractivity contribution >= 4 is 11.9 Å². The van der Waals surface area contributed by atoms with E-state index >= 15 is 0 Å². The number of ether oxygens (including phenoxy) is 3. The summed E-state index contributed by atoms with van der Waals surface area (Å²) in [5.74, 6) is -0.326. The fourth-order valence-electron chi connectivity index (χ4n) is 7.82. The van der Waals surface area contributed by atoms with Crippen LogP contribution in [0, 0.1) is 0 Å². The summed E-state index contributed by atoms with van der Waals surface area (Å²) < 4.78 is 17.4. The van der Waals surface area contributed by atoms with Crippen molar-refractivity contribution in [3.8, 4) is 0 Å². The van der Waals surface area contributed by atoms with Crippen molar-refractivity contribution < 1.29 is 23.8 Å². The lowest BCUT2D eigenvalue weighted by Gasteiger charge is -2.18. The van der Waals surface area contributed by atoms with Crippen LogP contribution in [0.2, 0.25) is 0 Å². The third-order valence-electron chi connectivity index (χ3n) is 11.8. The number of hydrogen-bond acceptors (Lipinski definition) is 5. The van der Waals surface area contributed by atoms with E-state index < -0.39 is 6.10 Å². The molecule has 0 saturated heterocycles. The Balaban J connectivity index is 4.18. The lowest BCUT2D eigenvalue weighted by molar-refractivity contribution is -0.155. The maximum absolute atomic E-state index is 12.6.